The number of carbonyl (C=O) groups excluding carboxylic acids is 1. The Morgan fingerprint density at radius 2 is 2.10 bits per heavy atom. The maximum atomic E-state index is 11.9. The molecule has 0 radical (unpaired) electrons. The van der Waals surface area contributed by atoms with Crippen LogP contribution in [0.1, 0.15) is 31.9 Å². The minimum absolute atomic E-state index is 0.0251. The van der Waals surface area contributed by atoms with Crippen molar-refractivity contribution < 1.29 is 9.53 Å². The molecule has 0 aliphatic heterocycles. The molecule has 0 saturated carbocycles. The van der Waals surface area contributed by atoms with E-state index in [1.807, 2.05) is 45.9 Å². The summed E-state index contributed by atoms with van der Waals surface area (Å²) in [4.78, 5) is 11.9. The fraction of sp³-hybridized carbons (Fsp3) is 0.500. The van der Waals surface area contributed by atoms with Crippen LogP contribution < -0.4 is 10.1 Å². The average Bonchev–Trinajstić information content (AvgIpc) is 2.39. The highest BCUT2D eigenvalue weighted by atomic mass is 16.5. The highest BCUT2D eigenvalue weighted by molar-refractivity contribution is 5.78. The second-order valence-corrected chi connectivity index (χ2v) is 5.57. The molecule has 0 aliphatic rings. The first kappa shape index (κ1) is 16.0. The predicted molar refractivity (Wildman–Crippen MR) is 78.4 cm³/mol. The van der Waals surface area contributed by atoms with E-state index in [2.05, 4.69) is 11.4 Å². The van der Waals surface area contributed by atoms with Gasteiger partial charge >= 0.3 is 0 Å². The summed E-state index contributed by atoms with van der Waals surface area (Å²) in [5.74, 6) is 0.434. The summed E-state index contributed by atoms with van der Waals surface area (Å²) >= 11 is 0. The molecule has 1 atom stereocenters. The molecule has 1 N–H and O–H groups in total. The lowest BCUT2D eigenvalue weighted by Crippen LogP contribution is -2.50. The fourth-order valence-corrected chi connectivity index (χ4v) is 1.63. The maximum Gasteiger partial charge on any atom is 0.259 e. The van der Waals surface area contributed by atoms with Gasteiger partial charge in [0.15, 0.2) is 6.61 Å². The van der Waals surface area contributed by atoms with Crippen molar-refractivity contribution >= 4 is 5.91 Å². The molecule has 4 heteroatoms. The van der Waals surface area contributed by atoms with Crippen LogP contribution in [-0.4, -0.2) is 18.1 Å². The van der Waals surface area contributed by atoms with Gasteiger partial charge in [-0.1, -0.05) is 26.0 Å². The summed E-state index contributed by atoms with van der Waals surface area (Å²) < 4.78 is 5.53. The molecule has 0 spiro atoms. The molecule has 1 aromatic carbocycles. The number of hydrogen-bond donors (Lipinski definition) is 1. The molecule has 108 valence electrons. The number of hydrogen-bond acceptors (Lipinski definition) is 3. The topological polar surface area (TPSA) is 62.1 Å². The first-order chi connectivity index (χ1) is 9.28. The van der Waals surface area contributed by atoms with Gasteiger partial charge in [0.2, 0.25) is 0 Å². The van der Waals surface area contributed by atoms with E-state index in [1.165, 1.54) is 0 Å². The monoisotopic (exact) mass is 274 g/mol. The highest BCUT2D eigenvalue weighted by Gasteiger charge is 2.30. The average molecular weight is 274 g/mol. The van der Waals surface area contributed by atoms with E-state index in [0.717, 1.165) is 11.1 Å². The van der Waals surface area contributed by atoms with Crippen LogP contribution in [0, 0.1) is 31.1 Å². The molecular weight excluding hydrogens is 252 g/mol. The van der Waals surface area contributed by atoms with Crippen molar-refractivity contribution in [2.24, 2.45) is 5.92 Å². The van der Waals surface area contributed by atoms with Gasteiger partial charge in [0.25, 0.3) is 5.91 Å². The number of rotatable bonds is 5. The zero-order valence-electron chi connectivity index (χ0n) is 12.8. The number of benzene rings is 1. The van der Waals surface area contributed by atoms with Crippen LogP contribution in [0.2, 0.25) is 0 Å². The van der Waals surface area contributed by atoms with Gasteiger partial charge in [0, 0.05) is 0 Å². The van der Waals surface area contributed by atoms with Crippen LogP contribution in [0.4, 0.5) is 0 Å². The number of carbonyl (C=O) groups is 1. The van der Waals surface area contributed by atoms with E-state index < -0.39 is 5.54 Å². The van der Waals surface area contributed by atoms with Gasteiger partial charge in [0.1, 0.15) is 11.3 Å². The van der Waals surface area contributed by atoms with Crippen molar-refractivity contribution in [1.82, 2.24) is 5.32 Å². The van der Waals surface area contributed by atoms with Crippen LogP contribution >= 0.6 is 0 Å². The molecule has 0 fully saturated rings. The van der Waals surface area contributed by atoms with Crippen LogP contribution in [-0.2, 0) is 4.79 Å². The van der Waals surface area contributed by atoms with Gasteiger partial charge in [-0.3, -0.25) is 4.79 Å². The Hall–Kier alpha value is -2.02. The summed E-state index contributed by atoms with van der Waals surface area (Å²) in [6.45, 7) is 9.32. The van der Waals surface area contributed by atoms with Gasteiger partial charge in [0.05, 0.1) is 6.07 Å². The number of ether oxygens (including phenoxy) is 1. The van der Waals surface area contributed by atoms with Crippen molar-refractivity contribution in [3.8, 4) is 11.8 Å². The van der Waals surface area contributed by atoms with Gasteiger partial charge < -0.3 is 10.1 Å². The van der Waals surface area contributed by atoms with Crippen molar-refractivity contribution in [1.29, 1.82) is 5.26 Å². The summed E-state index contributed by atoms with van der Waals surface area (Å²) in [5, 5.41) is 11.9. The molecular formula is C16H22N2O2. The van der Waals surface area contributed by atoms with E-state index in [1.54, 1.807) is 6.92 Å². The maximum absolute atomic E-state index is 11.9. The number of amides is 1. The number of aryl methyl sites for hydroxylation is 2. The molecule has 20 heavy (non-hydrogen) atoms. The largest absolute Gasteiger partial charge is 0.483 e. The minimum atomic E-state index is -0.873. The molecule has 1 rings (SSSR count). The smallest absolute Gasteiger partial charge is 0.259 e. The van der Waals surface area contributed by atoms with Gasteiger partial charge in [-0.05, 0) is 43.9 Å². The molecule has 1 unspecified atom stereocenters. The van der Waals surface area contributed by atoms with Crippen LogP contribution in [0.25, 0.3) is 0 Å². The molecule has 1 aromatic rings. The predicted octanol–water partition coefficient (Wildman–Crippen LogP) is 2.74. The van der Waals surface area contributed by atoms with Gasteiger partial charge in [-0.25, -0.2) is 0 Å². The first-order valence-corrected chi connectivity index (χ1v) is 6.71. The molecule has 0 bridgehead atoms. The van der Waals surface area contributed by atoms with Crippen molar-refractivity contribution in [2.45, 2.75) is 40.2 Å². The van der Waals surface area contributed by atoms with Crippen LogP contribution in [0.3, 0.4) is 0 Å². The van der Waals surface area contributed by atoms with E-state index in [9.17, 15) is 4.79 Å². The lowest BCUT2D eigenvalue weighted by molar-refractivity contribution is -0.124. The molecule has 0 heterocycles. The zero-order chi connectivity index (χ0) is 15.3. The van der Waals surface area contributed by atoms with E-state index in [0.29, 0.717) is 5.75 Å². The third-order valence-corrected chi connectivity index (χ3v) is 3.49. The summed E-state index contributed by atoms with van der Waals surface area (Å²) in [6.07, 6.45) is 0. The van der Waals surface area contributed by atoms with E-state index >= 15 is 0 Å². The Morgan fingerprint density at radius 1 is 1.45 bits per heavy atom. The highest BCUT2D eigenvalue weighted by Crippen LogP contribution is 2.19. The number of nitrogens with zero attached hydrogens (tertiary/aromatic N) is 1. The summed E-state index contributed by atoms with van der Waals surface area (Å²) in [5.41, 5.74) is 1.19. The molecule has 0 aliphatic carbocycles. The molecule has 4 nitrogen and oxygen atoms in total. The Kier molecular flexibility index (Phi) is 5.15. The number of nitriles is 1. The zero-order valence-corrected chi connectivity index (χ0v) is 12.8. The minimum Gasteiger partial charge on any atom is -0.483 e. The third kappa shape index (κ3) is 3.99. The second-order valence-electron chi connectivity index (χ2n) is 5.57. The Bertz CT molecular complexity index is 532. The van der Waals surface area contributed by atoms with E-state index in [4.69, 9.17) is 10.00 Å². The van der Waals surface area contributed by atoms with Crippen molar-refractivity contribution in [3.63, 3.8) is 0 Å². The van der Waals surface area contributed by atoms with Crippen LogP contribution in [0.15, 0.2) is 18.2 Å². The molecule has 0 saturated heterocycles. The SMILES string of the molecule is Cc1ccc(C)c(OCC(=O)NC(C)(C#N)C(C)C)c1. The first-order valence-electron chi connectivity index (χ1n) is 6.71. The van der Waals surface area contributed by atoms with Crippen molar-refractivity contribution in [2.75, 3.05) is 6.61 Å². The second kappa shape index (κ2) is 6.42. The van der Waals surface area contributed by atoms with Crippen molar-refractivity contribution in [3.05, 3.63) is 29.3 Å². The fourth-order valence-electron chi connectivity index (χ4n) is 1.63. The standard InChI is InChI=1S/C16H22N2O2/c1-11(2)16(5,10-17)18-15(19)9-20-14-8-12(3)6-7-13(14)4/h6-8,11H,9H2,1-5H3,(H,18,19). The number of nitrogens with one attached hydrogen (secondary N) is 1. The summed E-state index contributed by atoms with van der Waals surface area (Å²) in [6, 6.07) is 7.99. The summed E-state index contributed by atoms with van der Waals surface area (Å²) in [7, 11) is 0. The lowest BCUT2D eigenvalue weighted by atomic mass is 9.90. The Labute approximate surface area is 120 Å². The Balaban J connectivity index is 2.65. The Morgan fingerprint density at radius 3 is 2.65 bits per heavy atom. The van der Waals surface area contributed by atoms with Crippen LogP contribution in [0.5, 0.6) is 5.75 Å². The molecule has 0 aromatic heterocycles. The lowest BCUT2D eigenvalue weighted by Gasteiger charge is -2.27. The quantitative estimate of drug-likeness (QED) is 0.898. The normalized spacial score (nSPS) is 13.4. The third-order valence-electron chi connectivity index (χ3n) is 3.49. The van der Waals surface area contributed by atoms with Gasteiger partial charge in [-0.2, -0.15) is 5.26 Å². The van der Waals surface area contributed by atoms with Gasteiger partial charge in [-0.15, -0.1) is 0 Å². The molecule has 1 amide bonds. The van der Waals surface area contributed by atoms with E-state index in [-0.39, 0.29) is 18.4 Å².